The van der Waals surface area contributed by atoms with E-state index in [9.17, 15) is 9.59 Å². The van der Waals surface area contributed by atoms with Gasteiger partial charge in [0.25, 0.3) is 5.91 Å². The summed E-state index contributed by atoms with van der Waals surface area (Å²) in [4.78, 5) is 25.7. The van der Waals surface area contributed by atoms with Crippen molar-refractivity contribution in [2.75, 3.05) is 0 Å². The van der Waals surface area contributed by atoms with Gasteiger partial charge in [-0.25, -0.2) is 0 Å². The van der Waals surface area contributed by atoms with Gasteiger partial charge < -0.3 is 10.1 Å². The molecular weight excluding hydrogens is 302 g/mol. The molecule has 0 aromatic rings. The van der Waals surface area contributed by atoms with Crippen LogP contribution in [0.25, 0.3) is 0 Å². The number of ether oxygens (including phenoxy) is 1. The third-order valence-corrected chi connectivity index (χ3v) is 9.55. The van der Waals surface area contributed by atoms with Crippen molar-refractivity contribution >= 4 is 11.9 Å². The number of hydrogen-bond donors (Lipinski definition) is 1. The van der Waals surface area contributed by atoms with E-state index >= 15 is 0 Å². The Bertz CT molecular complexity index is 639. The van der Waals surface area contributed by atoms with E-state index in [1.807, 2.05) is 20.8 Å². The van der Waals surface area contributed by atoms with Crippen molar-refractivity contribution in [3.63, 3.8) is 0 Å². The van der Waals surface area contributed by atoms with Crippen LogP contribution in [0.4, 0.5) is 0 Å². The van der Waals surface area contributed by atoms with Crippen LogP contribution in [0.15, 0.2) is 0 Å². The zero-order valence-electron chi connectivity index (χ0n) is 15.9. The minimum absolute atomic E-state index is 0.0587. The highest BCUT2D eigenvalue weighted by atomic mass is 16.6. The van der Waals surface area contributed by atoms with Crippen molar-refractivity contribution in [1.29, 1.82) is 0 Å². The van der Waals surface area contributed by atoms with E-state index in [1.54, 1.807) is 0 Å². The van der Waals surface area contributed by atoms with Crippen LogP contribution >= 0.6 is 0 Å². The van der Waals surface area contributed by atoms with Crippen LogP contribution in [0.2, 0.25) is 0 Å². The first-order valence-corrected chi connectivity index (χ1v) is 9.47. The maximum atomic E-state index is 13.3. The Balaban J connectivity index is 1.62. The normalized spacial score (nSPS) is 50.2. The van der Waals surface area contributed by atoms with Gasteiger partial charge in [0.15, 0.2) is 5.60 Å². The summed E-state index contributed by atoms with van der Waals surface area (Å²) < 4.78 is 5.75. The van der Waals surface area contributed by atoms with Gasteiger partial charge in [-0.05, 0) is 55.8 Å². The molecule has 0 aromatic carbocycles. The molecule has 1 aliphatic heterocycles. The van der Waals surface area contributed by atoms with E-state index < -0.39 is 16.4 Å². The largest absolute Gasteiger partial charge is 0.448 e. The standard InChI is InChI=1S/C20H31NO3/c1-16(2)12-7-8-18(16,5)13(11-12)21-14(22)20-10-9-19(6,15(23)24-20)17(20,3)4/h12-13H,7-11H2,1-6H3,(H,21,22)/t12-,13+,18-,19-,20+/m0/s1. The van der Waals surface area contributed by atoms with Gasteiger partial charge in [-0.2, -0.15) is 0 Å². The molecule has 4 heteroatoms. The molecule has 4 aliphatic rings. The van der Waals surface area contributed by atoms with Crippen LogP contribution in [-0.2, 0) is 14.3 Å². The summed E-state index contributed by atoms with van der Waals surface area (Å²) in [7, 11) is 0. The van der Waals surface area contributed by atoms with E-state index in [4.69, 9.17) is 4.74 Å². The van der Waals surface area contributed by atoms with Crippen molar-refractivity contribution in [3.05, 3.63) is 0 Å². The third-order valence-electron chi connectivity index (χ3n) is 9.55. The molecule has 1 heterocycles. The van der Waals surface area contributed by atoms with Crippen molar-refractivity contribution < 1.29 is 14.3 Å². The van der Waals surface area contributed by atoms with E-state index in [1.165, 1.54) is 12.8 Å². The van der Waals surface area contributed by atoms with Crippen LogP contribution in [0, 0.1) is 27.6 Å². The predicted molar refractivity (Wildman–Crippen MR) is 91.1 cm³/mol. The molecule has 0 radical (unpaired) electrons. The lowest BCUT2D eigenvalue weighted by atomic mass is 9.65. The zero-order valence-corrected chi connectivity index (χ0v) is 15.9. The van der Waals surface area contributed by atoms with E-state index in [-0.39, 0.29) is 28.7 Å². The molecule has 0 unspecified atom stereocenters. The lowest BCUT2D eigenvalue weighted by molar-refractivity contribution is -0.169. The first kappa shape index (κ1) is 16.4. The van der Waals surface area contributed by atoms with Crippen LogP contribution in [0.1, 0.15) is 73.6 Å². The molecule has 3 aliphatic carbocycles. The molecule has 1 amide bonds. The summed E-state index contributed by atoms with van der Waals surface area (Å²) in [5.74, 6) is 0.420. The van der Waals surface area contributed by atoms with Crippen LogP contribution < -0.4 is 5.32 Å². The summed E-state index contributed by atoms with van der Waals surface area (Å²) in [6, 6.07) is 0.190. The summed E-state index contributed by atoms with van der Waals surface area (Å²) in [5.41, 5.74) is -1.59. The monoisotopic (exact) mass is 333 g/mol. The van der Waals surface area contributed by atoms with Crippen molar-refractivity contribution in [1.82, 2.24) is 5.32 Å². The smallest absolute Gasteiger partial charge is 0.313 e. The molecular formula is C20H31NO3. The predicted octanol–water partition coefficient (Wildman–Crippen LogP) is 3.44. The van der Waals surface area contributed by atoms with Gasteiger partial charge >= 0.3 is 5.97 Å². The molecule has 1 N–H and O–H groups in total. The number of amides is 1. The first-order valence-electron chi connectivity index (χ1n) is 9.47. The fourth-order valence-electron chi connectivity index (χ4n) is 6.44. The van der Waals surface area contributed by atoms with Crippen molar-refractivity contribution in [2.45, 2.75) is 85.3 Å². The van der Waals surface area contributed by atoms with Crippen LogP contribution in [-0.4, -0.2) is 23.5 Å². The molecule has 134 valence electrons. The molecule has 4 bridgehead atoms. The average molecular weight is 333 g/mol. The highest BCUT2D eigenvalue weighted by Crippen LogP contribution is 2.67. The Hall–Kier alpha value is -1.06. The van der Waals surface area contributed by atoms with Gasteiger partial charge in [-0.3, -0.25) is 9.59 Å². The Labute approximate surface area is 145 Å². The zero-order chi connectivity index (χ0) is 17.8. The second-order valence-corrected chi connectivity index (χ2v) is 10.3. The number of esters is 1. The summed E-state index contributed by atoms with van der Waals surface area (Å²) in [6.07, 6.45) is 4.87. The van der Waals surface area contributed by atoms with E-state index in [0.29, 0.717) is 12.3 Å². The number of rotatable bonds is 2. The van der Waals surface area contributed by atoms with E-state index in [0.717, 1.165) is 12.8 Å². The molecule has 1 saturated heterocycles. The number of nitrogens with one attached hydrogen (secondary N) is 1. The molecule has 3 saturated carbocycles. The molecule has 4 fully saturated rings. The van der Waals surface area contributed by atoms with Crippen LogP contribution in [0.5, 0.6) is 0 Å². The Morgan fingerprint density at radius 1 is 1.08 bits per heavy atom. The molecule has 0 spiro atoms. The van der Waals surface area contributed by atoms with Gasteiger partial charge in [0.1, 0.15) is 0 Å². The van der Waals surface area contributed by atoms with Crippen LogP contribution in [0.3, 0.4) is 0 Å². The third kappa shape index (κ3) is 1.44. The van der Waals surface area contributed by atoms with Gasteiger partial charge in [0.2, 0.25) is 0 Å². The lowest BCUT2D eigenvalue weighted by Gasteiger charge is -2.42. The SMILES string of the molecule is CC1(C)[C@H]2CC[C@@]1(C)[C@H](NC(=O)[C@@]13CC[C@@](C)(C(=O)O1)C3(C)C)C2. The molecule has 0 aromatic heterocycles. The second-order valence-electron chi connectivity index (χ2n) is 10.3. The summed E-state index contributed by atoms with van der Waals surface area (Å²) >= 11 is 0. The Morgan fingerprint density at radius 2 is 1.75 bits per heavy atom. The van der Waals surface area contributed by atoms with Gasteiger partial charge in [0.05, 0.1) is 5.41 Å². The van der Waals surface area contributed by atoms with Crippen molar-refractivity contribution in [3.8, 4) is 0 Å². The molecule has 4 rings (SSSR count). The Kier molecular flexibility index (Phi) is 2.86. The highest BCUT2D eigenvalue weighted by molar-refractivity contribution is 5.96. The maximum absolute atomic E-state index is 13.3. The number of carbonyl (C=O) groups excluding carboxylic acids is 2. The number of hydrogen-bond acceptors (Lipinski definition) is 3. The fraction of sp³-hybridized carbons (Fsp3) is 0.900. The first-order chi connectivity index (χ1) is 10.9. The van der Waals surface area contributed by atoms with Crippen molar-refractivity contribution in [2.24, 2.45) is 27.6 Å². The van der Waals surface area contributed by atoms with E-state index in [2.05, 4.69) is 26.1 Å². The maximum Gasteiger partial charge on any atom is 0.313 e. The summed E-state index contributed by atoms with van der Waals surface area (Å²) in [6.45, 7) is 13.0. The average Bonchev–Trinajstić information content (AvgIpc) is 2.97. The van der Waals surface area contributed by atoms with Gasteiger partial charge in [0, 0.05) is 11.5 Å². The molecule has 5 atom stereocenters. The van der Waals surface area contributed by atoms with Gasteiger partial charge in [-0.1, -0.05) is 34.6 Å². The quantitative estimate of drug-likeness (QED) is 0.788. The van der Waals surface area contributed by atoms with Gasteiger partial charge in [-0.15, -0.1) is 0 Å². The minimum atomic E-state index is -0.985. The number of fused-ring (bicyclic) bond motifs is 4. The summed E-state index contributed by atoms with van der Waals surface area (Å²) in [5, 5.41) is 3.34. The second kappa shape index (κ2) is 4.19. The lowest BCUT2D eigenvalue weighted by Crippen LogP contribution is -2.58. The minimum Gasteiger partial charge on any atom is -0.448 e. The fourth-order valence-corrected chi connectivity index (χ4v) is 6.44. The Morgan fingerprint density at radius 3 is 2.17 bits per heavy atom. The molecule has 24 heavy (non-hydrogen) atoms. The number of carbonyl (C=O) groups is 2. The highest BCUT2D eigenvalue weighted by Gasteiger charge is 2.76. The topological polar surface area (TPSA) is 55.4 Å². The molecule has 4 nitrogen and oxygen atoms in total.